The Morgan fingerprint density at radius 1 is 1.47 bits per heavy atom. The molecule has 1 aromatic rings. The average molecular weight is 231 g/mol. The third-order valence-corrected chi connectivity index (χ3v) is 2.85. The van der Waals surface area contributed by atoms with Crippen molar-refractivity contribution in [2.75, 3.05) is 6.61 Å². The van der Waals surface area contributed by atoms with Crippen molar-refractivity contribution in [3.63, 3.8) is 0 Å². The van der Waals surface area contributed by atoms with Gasteiger partial charge in [-0.3, -0.25) is 0 Å². The average Bonchev–Trinajstić information content (AvgIpc) is 3.08. The monoisotopic (exact) mass is 231 g/mol. The van der Waals surface area contributed by atoms with E-state index in [2.05, 4.69) is 37.0 Å². The van der Waals surface area contributed by atoms with E-state index < -0.39 is 0 Å². The lowest BCUT2D eigenvalue weighted by atomic mass is 10.1. The minimum Gasteiger partial charge on any atom is -0.489 e. The summed E-state index contributed by atoms with van der Waals surface area (Å²) in [4.78, 5) is 0. The second kappa shape index (κ2) is 5.37. The predicted octanol–water partition coefficient (Wildman–Crippen LogP) is 3.20. The maximum absolute atomic E-state index is 5.77. The molecule has 0 aromatic heterocycles. The largest absolute Gasteiger partial charge is 0.489 e. The normalized spacial score (nSPS) is 14.7. The molecule has 1 aliphatic rings. The third-order valence-electron chi connectivity index (χ3n) is 2.85. The van der Waals surface area contributed by atoms with Crippen molar-refractivity contribution in [1.29, 1.82) is 0 Å². The molecule has 2 nitrogen and oxygen atoms in total. The Hall–Kier alpha value is -1.28. The minimum absolute atomic E-state index is 0.597. The van der Waals surface area contributed by atoms with Crippen LogP contribution in [0, 0.1) is 6.92 Å². The van der Waals surface area contributed by atoms with Crippen molar-refractivity contribution in [2.45, 2.75) is 39.3 Å². The second-order valence-corrected chi connectivity index (χ2v) is 5.01. The SMILES string of the molecule is C=C(C)COc1ccc(C)cc1CNC1CC1. The Labute approximate surface area is 104 Å². The maximum Gasteiger partial charge on any atom is 0.124 e. The van der Waals surface area contributed by atoms with Crippen LogP contribution in [-0.2, 0) is 6.54 Å². The number of rotatable bonds is 6. The molecule has 0 saturated heterocycles. The maximum atomic E-state index is 5.77. The fourth-order valence-electron chi connectivity index (χ4n) is 1.73. The van der Waals surface area contributed by atoms with Gasteiger partial charge in [0.15, 0.2) is 0 Å². The Morgan fingerprint density at radius 3 is 2.88 bits per heavy atom. The van der Waals surface area contributed by atoms with Crippen molar-refractivity contribution in [2.24, 2.45) is 0 Å². The molecule has 1 fully saturated rings. The van der Waals surface area contributed by atoms with Gasteiger partial charge in [-0.15, -0.1) is 0 Å². The van der Waals surface area contributed by atoms with Gasteiger partial charge in [0.05, 0.1) is 0 Å². The van der Waals surface area contributed by atoms with Crippen molar-refractivity contribution < 1.29 is 4.74 Å². The molecule has 2 rings (SSSR count). The van der Waals surface area contributed by atoms with Crippen molar-refractivity contribution in [1.82, 2.24) is 5.32 Å². The molecular weight excluding hydrogens is 210 g/mol. The highest BCUT2D eigenvalue weighted by Crippen LogP contribution is 2.23. The Balaban J connectivity index is 2.02. The van der Waals surface area contributed by atoms with Crippen LogP contribution in [0.2, 0.25) is 0 Å². The Kier molecular flexibility index (Phi) is 3.85. The van der Waals surface area contributed by atoms with E-state index in [1.165, 1.54) is 24.0 Å². The molecule has 0 aliphatic heterocycles. The molecule has 92 valence electrons. The highest BCUT2D eigenvalue weighted by atomic mass is 16.5. The quantitative estimate of drug-likeness (QED) is 0.759. The number of benzene rings is 1. The smallest absolute Gasteiger partial charge is 0.124 e. The first-order valence-corrected chi connectivity index (χ1v) is 6.25. The first kappa shape index (κ1) is 12.2. The molecule has 0 atom stereocenters. The van der Waals surface area contributed by atoms with Gasteiger partial charge < -0.3 is 10.1 Å². The van der Waals surface area contributed by atoms with E-state index in [1.54, 1.807) is 0 Å². The zero-order valence-corrected chi connectivity index (χ0v) is 10.8. The summed E-state index contributed by atoms with van der Waals surface area (Å²) in [7, 11) is 0. The van der Waals surface area contributed by atoms with Gasteiger partial charge in [-0.2, -0.15) is 0 Å². The van der Waals surface area contributed by atoms with Crippen LogP contribution in [0.4, 0.5) is 0 Å². The van der Waals surface area contributed by atoms with Gasteiger partial charge in [-0.05, 0) is 38.3 Å². The standard InChI is InChI=1S/C15H21NO/c1-11(2)10-17-15-7-4-12(3)8-13(15)9-16-14-5-6-14/h4,7-8,14,16H,1,5-6,9-10H2,2-3H3. The fourth-order valence-corrected chi connectivity index (χ4v) is 1.73. The molecule has 1 N–H and O–H groups in total. The Morgan fingerprint density at radius 2 is 2.24 bits per heavy atom. The van der Waals surface area contributed by atoms with Crippen LogP contribution in [0.5, 0.6) is 5.75 Å². The van der Waals surface area contributed by atoms with Crippen LogP contribution in [-0.4, -0.2) is 12.6 Å². The molecule has 2 heteroatoms. The minimum atomic E-state index is 0.597. The van der Waals surface area contributed by atoms with Crippen LogP contribution in [0.15, 0.2) is 30.4 Å². The highest BCUT2D eigenvalue weighted by molar-refractivity contribution is 5.37. The predicted molar refractivity (Wildman–Crippen MR) is 71.3 cm³/mol. The molecule has 1 saturated carbocycles. The van der Waals surface area contributed by atoms with Gasteiger partial charge in [0.25, 0.3) is 0 Å². The van der Waals surface area contributed by atoms with Crippen molar-refractivity contribution >= 4 is 0 Å². The summed E-state index contributed by atoms with van der Waals surface area (Å²) in [6.45, 7) is 9.46. The number of aryl methyl sites for hydroxylation is 1. The number of ether oxygens (including phenoxy) is 1. The summed E-state index contributed by atoms with van der Waals surface area (Å²) in [6.07, 6.45) is 2.63. The first-order valence-electron chi connectivity index (χ1n) is 6.25. The fraction of sp³-hybridized carbons (Fsp3) is 0.467. The summed E-state index contributed by atoms with van der Waals surface area (Å²) in [5.41, 5.74) is 3.57. The molecule has 0 bridgehead atoms. The lowest BCUT2D eigenvalue weighted by molar-refractivity contribution is 0.347. The summed E-state index contributed by atoms with van der Waals surface area (Å²) in [5.74, 6) is 0.978. The highest BCUT2D eigenvalue weighted by Gasteiger charge is 2.20. The van der Waals surface area contributed by atoms with E-state index in [4.69, 9.17) is 4.74 Å². The van der Waals surface area contributed by atoms with Gasteiger partial charge >= 0.3 is 0 Å². The van der Waals surface area contributed by atoms with Crippen LogP contribution in [0.1, 0.15) is 30.9 Å². The van der Waals surface area contributed by atoms with Crippen LogP contribution < -0.4 is 10.1 Å². The van der Waals surface area contributed by atoms with Crippen molar-refractivity contribution in [3.8, 4) is 5.75 Å². The summed E-state index contributed by atoms with van der Waals surface area (Å²) >= 11 is 0. The molecule has 0 unspecified atom stereocenters. The molecular formula is C15H21NO. The van der Waals surface area contributed by atoms with E-state index >= 15 is 0 Å². The molecule has 0 amide bonds. The van der Waals surface area contributed by atoms with Gasteiger partial charge in [-0.1, -0.05) is 24.3 Å². The molecule has 17 heavy (non-hydrogen) atoms. The molecule has 1 aliphatic carbocycles. The molecule has 0 heterocycles. The zero-order valence-electron chi connectivity index (χ0n) is 10.8. The van der Waals surface area contributed by atoms with E-state index in [0.29, 0.717) is 6.61 Å². The number of hydrogen-bond donors (Lipinski definition) is 1. The first-order chi connectivity index (χ1) is 8.15. The third kappa shape index (κ3) is 3.90. The van der Waals surface area contributed by atoms with E-state index in [1.807, 2.05) is 6.92 Å². The van der Waals surface area contributed by atoms with Gasteiger partial charge in [0.1, 0.15) is 12.4 Å². The van der Waals surface area contributed by atoms with Gasteiger partial charge in [0.2, 0.25) is 0 Å². The summed E-state index contributed by atoms with van der Waals surface area (Å²) in [6, 6.07) is 7.07. The van der Waals surface area contributed by atoms with Crippen LogP contribution in [0.3, 0.4) is 0 Å². The van der Waals surface area contributed by atoms with Gasteiger partial charge in [-0.25, -0.2) is 0 Å². The van der Waals surface area contributed by atoms with Crippen LogP contribution >= 0.6 is 0 Å². The molecule has 0 radical (unpaired) electrons. The van der Waals surface area contributed by atoms with E-state index in [-0.39, 0.29) is 0 Å². The van der Waals surface area contributed by atoms with Crippen molar-refractivity contribution in [3.05, 3.63) is 41.5 Å². The molecule has 0 spiro atoms. The Bertz CT molecular complexity index is 407. The summed E-state index contributed by atoms with van der Waals surface area (Å²) < 4.78 is 5.77. The second-order valence-electron chi connectivity index (χ2n) is 5.01. The lowest BCUT2D eigenvalue weighted by Gasteiger charge is -2.13. The zero-order chi connectivity index (χ0) is 12.3. The molecule has 1 aromatic carbocycles. The van der Waals surface area contributed by atoms with Gasteiger partial charge in [0, 0.05) is 18.2 Å². The topological polar surface area (TPSA) is 21.3 Å². The van der Waals surface area contributed by atoms with Crippen LogP contribution in [0.25, 0.3) is 0 Å². The number of nitrogens with one attached hydrogen (secondary N) is 1. The summed E-state index contributed by atoms with van der Waals surface area (Å²) in [5, 5.41) is 3.53. The van der Waals surface area contributed by atoms with E-state index in [9.17, 15) is 0 Å². The number of hydrogen-bond acceptors (Lipinski definition) is 2. The van der Waals surface area contributed by atoms with E-state index in [0.717, 1.165) is 23.9 Å². The lowest BCUT2D eigenvalue weighted by Crippen LogP contribution is -2.16.